The molecule has 0 aromatic rings. The number of hydrogen-bond donors (Lipinski definition) is 1. The van der Waals surface area contributed by atoms with E-state index in [4.69, 9.17) is 0 Å². The molecule has 18 heavy (non-hydrogen) atoms. The number of amides is 3. The molecular weight excluding hydrogens is 238 g/mol. The second-order valence-electron chi connectivity index (χ2n) is 4.35. The Bertz CT molecular complexity index is 343. The molecule has 0 aromatic heterocycles. The molecule has 1 aliphatic rings. The predicted molar refractivity (Wildman–Crippen MR) is 63.8 cm³/mol. The number of carbonyl (C=O) groups is 3. The van der Waals surface area contributed by atoms with E-state index in [9.17, 15) is 14.4 Å². The van der Waals surface area contributed by atoms with Gasteiger partial charge in [-0.2, -0.15) is 0 Å². The Hall–Kier alpha value is -1.63. The highest BCUT2D eigenvalue weighted by Crippen LogP contribution is 2.03. The van der Waals surface area contributed by atoms with Gasteiger partial charge in [-0.1, -0.05) is 0 Å². The molecule has 0 aliphatic carbocycles. The average molecular weight is 257 g/mol. The number of rotatable bonds is 5. The van der Waals surface area contributed by atoms with Crippen molar-refractivity contribution in [1.29, 1.82) is 0 Å². The second-order valence-corrected chi connectivity index (χ2v) is 4.35. The summed E-state index contributed by atoms with van der Waals surface area (Å²) in [4.78, 5) is 37.3. The number of urea groups is 1. The summed E-state index contributed by atoms with van der Waals surface area (Å²) in [5, 5.41) is 2.56. The minimum atomic E-state index is -0.401. The molecule has 7 nitrogen and oxygen atoms in total. The summed E-state index contributed by atoms with van der Waals surface area (Å²) < 4.78 is 4.57. The third-order valence-electron chi connectivity index (χ3n) is 2.79. The number of hydrogen-bond acceptors (Lipinski definition) is 5. The summed E-state index contributed by atoms with van der Waals surface area (Å²) >= 11 is 0. The number of esters is 1. The molecule has 0 aromatic carbocycles. The lowest BCUT2D eigenvalue weighted by molar-refractivity contribution is -0.143. The van der Waals surface area contributed by atoms with Crippen molar-refractivity contribution >= 4 is 17.9 Å². The largest absolute Gasteiger partial charge is 0.468 e. The molecule has 0 radical (unpaired) electrons. The first-order valence-corrected chi connectivity index (χ1v) is 5.84. The van der Waals surface area contributed by atoms with Crippen LogP contribution >= 0.6 is 0 Å². The third-order valence-corrected chi connectivity index (χ3v) is 2.79. The van der Waals surface area contributed by atoms with E-state index in [1.165, 1.54) is 7.11 Å². The van der Waals surface area contributed by atoms with Crippen LogP contribution in [0.2, 0.25) is 0 Å². The molecule has 102 valence electrons. The van der Waals surface area contributed by atoms with Crippen LogP contribution in [0.25, 0.3) is 0 Å². The lowest BCUT2D eigenvalue weighted by Crippen LogP contribution is -2.46. The highest BCUT2D eigenvalue weighted by Gasteiger charge is 2.28. The van der Waals surface area contributed by atoms with Gasteiger partial charge in [0.1, 0.15) is 0 Å². The number of nitrogens with one attached hydrogen (secondary N) is 1. The van der Waals surface area contributed by atoms with Gasteiger partial charge in [-0.05, 0) is 13.8 Å². The molecular formula is C11H19N3O4. The molecule has 1 N–H and O–H groups in total. The Morgan fingerprint density at radius 3 is 2.56 bits per heavy atom. The van der Waals surface area contributed by atoms with Gasteiger partial charge in [0.05, 0.1) is 20.2 Å². The zero-order valence-electron chi connectivity index (χ0n) is 10.9. The van der Waals surface area contributed by atoms with Crippen LogP contribution in [0, 0.1) is 0 Å². The van der Waals surface area contributed by atoms with Gasteiger partial charge in [0.15, 0.2) is 0 Å². The van der Waals surface area contributed by atoms with Crippen molar-refractivity contribution in [2.24, 2.45) is 0 Å². The number of nitrogens with zero attached hydrogens (tertiary/aromatic N) is 2. The van der Waals surface area contributed by atoms with Crippen LogP contribution in [0.15, 0.2) is 0 Å². The Kier molecular flexibility index (Phi) is 5.08. The average Bonchev–Trinajstić information content (AvgIpc) is 2.74. The normalized spacial score (nSPS) is 15.2. The summed E-state index contributed by atoms with van der Waals surface area (Å²) in [6, 6.07) is -0.361. The lowest BCUT2D eigenvalue weighted by atomic mass is 10.3. The first kappa shape index (κ1) is 14.4. The van der Waals surface area contributed by atoms with Crippen molar-refractivity contribution in [3.05, 3.63) is 0 Å². The monoisotopic (exact) mass is 257 g/mol. The van der Waals surface area contributed by atoms with Gasteiger partial charge in [-0.3, -0.25) is 19.4 Å². The Morgan fingerprint density at radius 1 is 1.44 bits per heavy atom. The van der Waals surface area contributed by atoms with Crippen molar-refractivity contribution in [3.63, 3.8) is 0 Å². The Labute approximate surface area is 106 Å². The van der Waals surface area contributed by atoms with Crippen molar-refractivity contribution in [3.8, 4) is 0 Å². The maximum Gasteiger partial charge on any atom is 0.324 e. The summed E-state index contributed by atoms with van der Waals surface area (Å²) in [7, 11) is 1.30. The van der Waals surface area contributed by atoms with Crippen LogP contribution in [0.1, 0.15) is 13.8 Å². The van der Waals surface area contributed by atoms with Gasteiger partial charge in [-0.15, -0.1) is 0 Å². The van der Waals surface area contributed by atoms with Crippen molar-refractivity contribution in [1.82, 2.24) is 15.1 Å². The fourth-order valence-electron chi connectivity index (χ4n) is 1.62. The van der Waals surface area contributed by atoms with E-state index in [0.717, 1.165) is 4.90 Å². The molecule has 1 saturated heterocycles. The van der Waals surface area contributed by atoms with Crippen LogP contribution in [0.3, 0.4) is 0 Å². The molecule has 0 bridgehead atoms. The Morgan fingerprint density at radius 2 is 2.11 bits per heavy atom. The predicted octanol–water partition coefficient (Wildman–Crippen LogP) is -0.578. The molecule has 1 heterocycles. The highest BCUT2D eigenvalue weighted by atomic mass is 16.5. The topological polar surface area (TPSA) is 79.0 Å². The molecule has 1 fully saturated rings. The van der Waals surface area contributed by atoms with Gasteiger partial charge in [0.2, 0.25) is 5.91 Å². The van der Waals surface area contributed by atoms with Crippen molar-refractivity contribution < 1.29 is 19.1 Å². The summed E-state index contributed by atoms with van der Waals surface area (Å²) in [6.07, 6.45) is 0. The number of methoxy groups -OCH3 is 1. The maximum atomic E-state index is 11.9. The summed E-state index contributed by atoms with van der Waals surface area (Å²) in [5.41, 5.74) is 0. The van der Waals surface area contributed by atoms with E-state index in [0.29, 0.717) is 13.1 Å². The Balaban J connectivity index is 2.57. The van der Waals surface area contributed by atoms with E-state index < -0.39 is 5.97 Å². The molecule has 7 heteroatoms. The zero-order valence-corrected chi connectivity index (χ0v) is 10.9. The van der Waals surface area contributed by atoms with Crippen molar-refractivity contribution in [2.45, 2.75) is 19.9 Å². The fourth-order valence-corrected chi connectivity index (χ4v) is 1.62. The molecule has 0 spiro atoms. The van der Waals surface area contributed by atoms with E-state index in [1.54, 1.807) is 4.90 Å². The zero-order chi connectivity index (χ0) is 13.7. The van der Waals surface area contributed by atoms with E-state index in [2.05, 4.69) is 10.1 Å². The van der Waals surface area contributed by atoms with E-state index >= 15 is 0 Å². The van der Waals surface area contributed by atoms with Crippen LogP contribution in [-0.2, 0) is 14.3 Å². The first-order valence-electron chi connectivity index (χ1n) is 5.84. The lowest BCUT2D eigenvalue weighted by Gasteiger charge is -2.25. The molecule has 0 atom stereocenters. The molecule has 1 rings (SSSR count). The van der Waals surface area contributed by atoms with Crippen LogP contribution in [-0.4, -0.2) is 67.0 Å². The fraction of sp³-hybridized carbons (Fsp3) is 0.727. The van der Waals surface area contributed by atoms with Crippen molar-refractivity contribution in [2.75, 3.05) is 33.3 Å². The van der Waals surface area contributed by atoms with E-state index in [1.807, 2.05) is 13.8 Å². The number of ether oxygens (including phenoxy) is 1. The van der Waals surface area contributed by atoms with Gasteiger partial charge in [-0.25, -0.2) is 4.79 Å². The number of imide groups is 1. The van der Waals surface area contributed by atoms with Gasteiger partial charge in [0.25, 0.3) is 0 Å². The first-order chi connectivity index (χ1) is 8.45. The summed E-state index contributed by atoms with van der Waals surface area (Å²) in [5.74, 6) is -0.704. The molecule has 0 unspecified atom stereocenters. The van der Waals surface area contributed by atoms with E-state index in [-0.39, 0.29) is 31.1 Å². The number of carbonyl (C=O) groups excluding carboxylic acids is 3. The SMILES string of the molecule is COC(=O)CN(CC(=O)N1CCNC1=O)C(C)C. The highest BCUT2D eigenvalue weighted by molar-refractivity contribution is 5.96. The molecule has 3 amide bonds. The van der Waals surface area contributed by atoms with Crippen LogP contribution < -0.4 is 5.32 Å². The molecule has 0 saturated carbocycles. The molecule has 1 aliphatic heterocycles. The second kappa shape index (κ2) is 6.34. The van der Waals surface area contributed by atoms with Gasteiger partial charge >= 0.3 is 12.0 Å². The van der Waals surface area contributed by atoms with Crippen LogP contribution in [0.4, 0.5) is 4.79 Å². The summed E-state index contributed by atoms with van der Waals surface area (Å²) in [6.45, 7) is 4.67. The standard InChI is InChI=1S/C11H19N3O4/c1-8(2)13(7-10(16)18-3)6-9(15)14-5-4-12-11(14)17/h8H,4-7H2,1-3H3,(H,12,17). The van der Waals surface area contributed by atoms with Gasteiger partial charge < -0.3 is 10.1 Å². The quantitative estimate of drug-likeness (QED) is 0.667. The maximum absolute atomic E-state index is 11.9. The van der Waals surface area contributed by atoms with Crippen LogP contribution in [0.5, 0.6) is 0 Å². The minimum Gasteiger partial charge on any atom is -0.468 e. The minimum absolute atomic E-state index is 0.0127. The van der Waals surface area contributed by atoms with Gasteiger partial charge in [0, 0.05) is 19.1 Å². The third kappa shape index (κ3) is 3.69. The smallest absolute Gasteiger partial charge is 0.324 e.